The fourth-order valence-corrected chi connectivity index (χ4v) is 3.87. The fraction of sp³-hybridized carbons (Fsp3) is 0.600. The van der Waals surface area contributed by atoms with Crippen molar-refractivity contribution in [3.05, 3.63) is 23.8 Å². The largest absolute Gasteiger partial charge is 0.494 e. The Hall–Kier alpha value is -1.11. The summed E-state index contributed by atoms with van der Waals surface area (Å²) < 4.78 is 32.8. The Labute approximate surface area is 126 Å². The fourth-order valence-electron chi connectivity index (χ4n) is 2.70. The lowest BCUT2D eigenvalue weighted by Gasteiger charge is -2.13. The van der Waals surface area contributed by atoms with Crippen LogP contribution in [0, 0.1) is 5.92 Å². The van der Waals surface area contributed by atoms with E-state index in [1.54, 1.807) is 18.2 Å². The van der Waals surface area contributed by atoms with Gasteiger partial charge in [0.1, 0.15) is 5.75 Å². The Morgan fingerprint density at radius 2 is 2.05 bits per heavy atom. The molecule has 1 saturated carbocycles. The molecule has 6 heteroatoms. The van der Waals surface area contributed by atoms with Crippen LogP contribution >= 0.6 is 0 Å². The first-order chi connectivity index (χ1) is 10.1. The number of nitrogens with two attached hydrogens (primary N) is 1. The minimum absolute atomic E-state index is 0.251. The average Bonchev–Trinajstić information content (AvgIpc) is 2.99. The van der Waals surface area contributed by atoms with Gasteiger partial charge >= 0.3 is 0 Å². The predicted molar refractivity (Wildman–Crippen MR) is 82.6 cm³/mol. The summed E-state index contributed by atoms with van der Waals surface area (Å²) in [6.45, 7) is 3.18. The standard InChI is InChI=1S/C15H24N2O3S/c1-2-20-15-8-7-14(9-13(15)10-16)21(18,19)17-11-12-5-3-4-6-12/h7-9,12,17H,2-6,10-11,16H2,1H3. The summed E-state index contributed by atoms with van der Waals surface area (Å²) in [6, 6.07) is 4.85. The van der Waals surface area contributed by atoms with E-state index in [0.717, 1.165) is 12.8 Å². The van der Waals surface area contributed by atoms with Gasteiger partial charge in [-0.05, 0) is 43.9 Å². The molecule has 3 N–H and O–H groups in total. The molecular formula is C15H24N2O3S. The monoisotopic (exact) mass is 312 g/mol. The van der Waals surface area contributed by atoms with E-state index in [4.69, 9.17) is 10.5 Å². The zero-order chi connectivity index (χ0) is 15.3. The minimum Gasteiger partial charge on any atom is -0.494 e. The Balaban J connectivity index is 2.11. The third-order valence-electron chi connectivity index (χ3n) is 3.90. The molecule has 1 aromatic rings. The molecule has 118 valence electrons. The first-order valence-electron chi connectivity index (χ1n) is 7.52. The summed E-state index contributed by atoms with van der Waals surface area (Å²) in [5.41, 5.74) is 6.38. The van der Waals surface area contributed by atoms with Gasteiger partial charge in [-0.3, -0.25) is 0 Å². The van der Waals surface area contributed by atoms with Crippen LogP contribution in [0.15, 0.2) is 23.1 Å². The second-order valence-corrected chi connectivity index (χ2v) is 7.18. The molecule has 0 bridgehead atoms. The van der Waals surface area contributed by atoms with Crippen molar-refractivity contribution in [3.63, 3.8) is 0 Å². The average molecular weight is 312 g/mol. The highest BCUT2D eigenvalue weighted by molar-refractivity contribution is 7.89. The van der Waals surface area contributed by atoms with E-state index in [9.17, 15) is 8.42 Å². The highest BCUT2D eigenvalue weighted by Gasteiger charge is 2.20. The van der Waals surface area contributed by atoms with Crippen LogP contribution in [0.4, 0.5) is 0 Å². The molecule has 1 aliphatic carbocycles. The van der Waals surface area contributed by atoms with Gasteiger partial charge in [0.25, 0.3) is 0 Å². The highest BCUT2D eigenvalue weighted by atomic mass is 32.2. The Morgan fingerprint density at radius 3 is 2.67 bits per heavy atom. The zero-order valence-corrected chi connectivity index (χ0v) is 13.3. The van der Waals surface area contributed by atoms with Crippen LogP contribution in [0.5, 0.6) is 5.75 Å². The van der Waals surface area contributed by atoms with Gasteiger partial charge in [-0.2, -0.15) is 0 Å². The normalized spacial score (nSPS) is 16.3. The van der Waals surface area contributed by atoms with Gasteiger partial charge in [-0.25, -0.2) is 13.1 Å². The molecule has 0 aromatic heterocycles. The minimum atomic E-state index is -3.47. The number of hydrogen-bond acceptors (Lipinski definition) is 4. The van der Waals surface area contributed by atoms with E-state index < -0.39 is 10.0 Å². The predicted octanol–water partition coefficient (Wildman–Crippen LogP) is 2.01. The van der Waals surface area contributed by atoms with E-state index >= 15 is 0 Å². The van der Waals surface area contributed by atoms with Crippen molar-refractivity contribution in [2.45, 2.75) is 44.0 Å². The molecule has 1 aliphatic rings. The molecule has 5 nitrogen and oxygen atoms in total. The summed E-state index contributed by atoms with van der Waals surface area (Å²) >= 11 is 0. The highest BCUT2D eigenvalue weighted by Crippen LogP contribution is 2.25. The van der Waals surface area contributed by atoms with Crippen LogP contribution in [-0.2, 0) is 16.6 Å². The van der Waals surface area contributed by atoms with E-state index in [-0.39, 0.29) is 11.4 Å². The number of hydrogen-bond donors (Lipinski definition) is 2. The van der Waals surface area contributed by atoms with E-state index in [2.05, 4.69) is 4.72 Å². The van der Waals surface area contributed by atoms with Gasteiger partial charge < -0.3 is 10.5 Å². The topological polar surface area (TPSA) is 81.4 Å². The summed E-state index contributed by atoms with van der Waals surface area (Å²) in [5.74, 6) is 1.12. The number of nitrogens with one attached hydrogen (secondary N) is 1. The Morgan fingerprint density at radius 1 is 1.33 bits per heavy atom. The first kappa shape index (κ1) is 16.3. The van der Waals surface area contributed by atoms with Crippen molar-refractivity contribution in [2.24, 2.45) is 11.7 Å². The quantitative estimate of drug-likeness (QED) is 0.807. The third-order valence-corrected chi connectivity index (χ3v) is 5.32. The zero-order valence-electron chi connectivity index (χ0n) is 12.5. The molecular weight excluding hydrogens is 288 g/mol. The number of sulfonamides is 1. The number of ether oxygens (including phenoxy) is 1. The second kappa shape index (κ2) is 7.24. The maximum absolute atomic E-state index is 12.3. The van der Waals surface area contributed by atoms with Crippen molar-refractivity contribution in [2.75, 3.05) is 13.2 Å². The van der Waals surface area contributed by atoms with Crippen molar-refractivity contribution in [1.29, 1.82) is 0 Å². The molecule has 0 spiro atoms. The summed E-state index contributed by atoms with van der Waals surface area (Å²) in [7, 11) is -3.47. The van der Waals surface area contributed by atoms with Gasteiger partial charge in [-0.15, -0.1) is 0 Å². The van der Waals surface area contributed by atoms with Gasteiger partial charge in [0.2, 0.25) is 10.0 Å². The molecule has 0 amide bonds. The molecule has 21 heavy (non-hydrogen) atoms. The van der Waals surface area contributed by atoms with Crippen LogP contribution < -0.4 is 15.2 Å². The summed E-state index contributed by atoms with van der Waals surface area (Å²) in [6.07, 6.45) is 4.62. The van der Waals surface area contributed by atoms with Crippen molar-refractivity contribution < 1.29 is 13.2 Å². The van der Waals surface area contributed by atoms with Crippen LogP contribution in [-0.4, -0.2) is 21.6 Å². The van der Waals surface area contributed by atoms with Crippen LogP contribution in [0.3, 0.4) is 0 Å². The molecule has 0 unspecified atom stereocenters. The molecule has 0 radical (unpaired) electrons. The lowest BCUT2D eigenvalue weighted by Crippen LogP contribution is -2.28. The Bertz CT molecular complexity index is 566. The molecule has 0 saturated heterocycles. The van der Waals surface area contributed by atoms with Gasteiger partial charge in [0.15, 0.2) is 0 Å². The number of benzene rings is 1. The van der Waals surface area contributed by atoms with Gasteiger partial charge in [-0.1, -0.05) is 12.8 Å². The van der Waals surface area contributed by atoms with Gasteiger partial charge in [0.05, 0.1) is 11.5 Å². The first-order valence-corrected chi connectivity index (χ1v) is 9.00. The number of rotatable bonds is 7. The summed E-state index contributed by atoms with van der Waals surface area (Å²) in [4.78, 5) is 0.254. The van der Waals surface area contributed by atoms with Crippen molar-refractivity contribution >= 4 is 10.0 Å². The van der Waals surface area contributed by atoms with E-state index in [1.165, 1.54) is 12.8 Å². The lowest BCUT2D eigenvalue weighted by molar-refractivity contribution is 0.336. The van der Waals surface area contributed by atoms with Crippen LogP contribution in [0.2, 0.25) is 0 Å². The second-order valence-electron chi connectivity index (χ2n) is 5.41. The van der Waals surface area contributed by atoms with Gasteiger partial charge in [0, 0.05) is 18.7 Å². The van der Waals surface area contributed by atoms with Crippen molar-refractivity contribution in [1.82, 2.24) is 4.72 Å². The smallest absolute Gasteiger partial charge is 0.240 e. The van der Waals surface area contributed by atoms with Crippen molar-refractivity contribution in [3.8, 4) is 5.75 Å². The maximum atomic E-state index is 12.3. The molecule has 0 atom stereocenters. The maximum Gasteiger partial charge on any atom is 0.240 e. The van der Waals surface area contributed by atoms with E-state index in [0.29, 0.717) is 30.4 Å². The molecule has 0 aliphatic heterocycles. The van der Waals surface area contributed by atoms with Crippen LogP contribution in [0.25, 0.3) is 0 Å². The molecule has 1 aromatic carbocycles. The third kappa shape index (κ3) is 4.18. The van der Waals surface area contributed by atoms with Crippen LogP contribution in [0.1, 0.15) is 38.2 Å². The van der Waals surface area contributed by atoms with E-state index in [1.807, 2.05) is 6.92 Å². The Kier molecular flexibility index (Phi) is 5.61. The molecule has 0 heterocycles. The summed E-state index contributed by atoms with van der Waals surface area (Å²) in [5, 5.41) is 0. The SMILES string of the molecule is CCOc1ccc(S(=O)(=O)NCC2CCCC2)cc1CN. The molecule has 2 rings (SSSR count). The lowest BCUT2D eigenvalue weighted by atomic mass is 10.1. The molecule has 1 fully saturated rings.